The van der Waals surface area contributed by atoms with Gasteiger partial charge in [0.05, 0.1) is 10.0 Å². The van der Waals surface area contributed by atoms with Crippen LogP contribution in [-0.4, -0.2) is 22.8 Å². The predicted octanol–water partition coefficient (Wildman–Crippen LogP) is 4.76. The summed E-state index contributed by atoms with van der Waals surface area (Å²) in [7, 11) is 0. The highest BCUT2D eigenvalue weighted by molar-refractivity contribution is 6.34. The summed E-state index contributed by atoms with van der Waals surface area (Å²) < 4.78 is 0. The molecule has 0 radical (unpaired) electrons. The number of amides is 1. The van der Waals surface area contributed by atoms with Crippen LogP contribution in [0, 0.1) is 0 Å². The zero-order valence-electron chi connectivity index (χ0n) is 13.5. The molecule has 2 rings (SSSR count). The molecule has 0 spiro atoms. The Morgan fingerprint density at radius 1 is 0.920 bits per heavy atom. The van der Waals surface area contributed by atoms with Crippen LogP contribution in [0.2, 0.25) is 10.0 Å². The van der Waals surface area contributed by atoms with Gasteiger partial charge in [0.25, 0.3) is 0 Å². The minimum atomic E-state index is -1.17. The summed E-state index contributed by atoms with van der Waals surface area (Å²) in [5, 5.41) is 11.2. The molecule has 0 heterocycles. The molecule has 0 saturated carbocycles. The molecule has 0 aromatic heterocycles. The average Bonchev–Trinajstić information content (AvgIpc) is 2.46. The van der Waals surface area contributed by atoms with Gasteiger partial charge in [-0.05, 0) is 50.2 Å². The molecule has 25 heavy (non-hydrogen) atoms. The van der Waals surface area contributed by atoms with E-state index in [9.17, 15) is 14.4 Å². The fourth-order valence-electron chi connectivity index (χ4n) is 1.82. The Bertz CT molecular complexity index is 822. The lowest BCUT2D eigenvalue weighted by atomic mass is 10.1. The van der Waals surface area contributed by atoms with E-state index >= 15 is 0 Å². The fourth-order valence-corrected chi connectivity index (χ4v) is 2.45. The minimum Gasteiger partial charge on any atom is -0.465 e. The number of halogens is 2. The number of hydrogen-bond acceptors (Lipinski definition) is 4. The zero-order valence-corrected chi connectivity index (χ0v) is 15.0. The topological polar surface area (TPSA) is 109 Å². The normalized spacial score (nSPS) is 9.60. The molecular formula is C17H16Cl2N2O4. The highest BCUT2D eigenvalue weighted by atomic mass is 35.5. The van der Waals surface area contributed by atoms with Crippen molar-refractivity contribution in [2.24, 2.45) is 0 Å². The SMILES string of the molecule is CC(=O)c1ccc(N)cc1Cl.CC(=O)c1ccc(NC(=O)O)cc1Cl. The molecule has 0 atom stereocenters. The van der Waals surface area contributed by atoms with Crippen LogP contribution < -0.4 is 11.1 Å². The van der Waals surface area contributed by atoms with Crippen molar-refractivity contribution in [1.82, 2.24) is 0 Å². The van der Waals surface area contributed by atoms with Crippen LogP contribution in [0.15, 0.2) is 36.4 Å². The van der Waals surface area contributed by atoms with Crippen molar-refractivity contribution >= 4 is 52.2 Å². The number of anilines is 2. The van der Waals surface area contributed by atoms with Crippen molar-refractivity contribution in [2.75, 3.05) is 11.1 Å². The molecule has 4 N–H and O–H groups in total. The summed E-state index contributed by atoms with van der Waals surface area (Å²) in [6.07, 6.45) is -1.17. The van der Waals surface area contributed by atoms with E-state index in [0.717, 1.165) is 0 Å². The van der Waals surface area contributed by atoms with Crippen LogP contribution in [0.4, 0.5) is 16.2 Å². The van der Waals surface area contributed by atoms with Gasteiger partial charge in [-0.3, -0.25) is 14.9 Å². The Kier molecular flexibility index (Phi) is 7.42. The van der Waals surface area contributed by atoms with E-state index in [0.29, 0.717) is 27.5 Å². The van der Waals surface area contributed by atoms with Gasteiger partial charge in [-0.15, -0.1) is 0 Å². The zero-order chi connectivity index (χ0) is 19.1. The smallest absolute Gasteiger partial charge is 0.409 e. The number of nitrogens with two attached hydrogens (primary N) is 1. The highest BCUT2D eigenvalue weighted by Gasteiger charge is 2.07. The van der Waals surface area contributed by atoms with Crippen molar-refractivity contribution in [1.29, 1.82) is 0 Å². The third kappa shape index (κ3) is 6.45. The summed E-state index contributed by atoms with van der Waals surface area (Å²) in [4.78, 5) is 32.1. The van der Waals surface area contributed by atoms with Gasteiger partial charge in [-0.25, -0.2) is 4.79 Å². The first-order valence-electron chi connectivity index (χ1n) is 6.98. The number of carbonyl (C=O) groups is 3. The molecule has 132 valence electrons. The Balaban J connectivity index is 0.000000257. The standard InChI is InChI=1S/C9H8ClNO3.C8H8ClNO/c1-5(12)7-3-2-6(4-8(7)10)11-9(13)14;1-5(11)7-3-2-6(10)4-8(7)9/h2-4,11H,1H3,(H,13,14);2-4H,10H2,1H3. The van der Waals surface area contributed by atoms with Gasteiger partial charge in [0.2, 0.25) is 0 Å². The molecule has 0 fully saturated rings. The number of carboxylic acid groups (broad SMARTS) is 1. The second kappa shape index (κ2) is 9.05. The Morgan fingerprint density at radius 3 is 1.80 bits per heavy atom. The molecule has 8 heteroatoms. The summed E-state index contributed by atoms with van der Waals surface area (Å²) in [6, 6.07) is 9.21. The molecular weight excluding hydrogens is 367 g/mol. The monoisotopic (exact) mass is 382 g/mol. The fraction of sp³-hybridized carbons (Fsp3) is 0.118. The Labute approximate surface area is 154 Å². The number of nitrogen functional groups attached to an aromatic ring is 1. The van der Waals surface area contributed by atoms with E-state index in [1.807, 2.05) is 0 Å². The van der Waals surface area contributed by atoms with Gasteiger partial charge in [0.15, 0.2) is 11.6 Å². The first-order chi connectivity index (χ1) is 11.6. The molecule has 0 saturated heterocycles. The number of Topliss-reactive ketones (excluding diaryl/α,β-unsaturated/α-hetero) is 2. The Hall–Kier alpha value is -2.57. The molecule has 6 nitrogen and oxygen atoms in total. The van der Waals surface area contributed by atoms with Crippen molar-refractivity contribution in [3.63, 3.8) is 0 Å². The van der Waals surface area contributed by atoms with Gasteiger partial charge in [0.1, 0.15) is 0 Å². The van der Waals surface area contributed by atoms with Crippen LogP contribution in [0.25, 0.3) is 0 Å². The number of benzene rings is 2. The predicted molar refractivity (Wildman–Crippen MR) is 99.0 cm³/mol. The van der Waals surface area contributed by atoms with Crippen LogP contribution in [0.5, 0.6) is 0 Å². The second-order valence-corrected chi connectivity index (χ2v) is 5.79. The van der Waals surface area contributed by atoms with Gasteiger partial charge in [-0.1, -0.05) is 23.2 Å². The maximum absolute atomic E-state index is 11.0. The third-order valence-electron chi connectivity index (χ3n) is 2.97. The van der Waals surface area contributed by atoms with Crippen LogP contribution >= 0.6 is 23.2 Å². The molecule has 2 aromatic carbocycles. The first kappa shape index (κ1) is 20.5. The van der Waals surface area contributed by atoms with E-state index in [4.69, 9.17) is 34.0 Å². The van der Waals surface area contributed by atoms with Crippen LogP contribution in [-0.2, 0) is 0 Å². The maximum Gasteiger partial charge on any atom is 0.409 e. The maximum atomic E-state index is 11.0. The molecule has 1 amide bonds. The summed E-state index contributed by atoms with van der Waals surface area (Å²) in [5.41, 5.74) is 7.23. The average molecular weight is 383 g/mol. The quantitative estimate of drug-likeness (QED) is 0.523. The number of ketones is 2. The summed E-state index contributed by atoms with van der Waals surface area (Å²) in [5.74, 6) is -0.202. The van der Waals surface area contributed by atoms with E-state index in [1.54, 1.807) is 18.2 Å². The lowest BCUT2D eigenvalue weighted by Gasteiger charge is -2.03. The lowest BCUT2D eigenvalue weighted by Crippen LogP contribution is -2.07. The number of hydrogen-bond donors (Lipinski definition) is 3. The van der Waals surface area contributed by atoms with E-state index < -0.39 is 6.09 Å². The third-order valence-corrected chi connectivity index (χ3v) is 3.60. The van der Waals surface area contributed by atoms with Crippen molar-refractivity contribution in [3.05, 3.63) is 57.6 Å². The van der Waals surface area contributed by atoms with E-state index in [1.165, 1.54) is 32.0 Å². The number of nitrogens with one attached hydrogen (secondary N) is 1. The molecule has 2 aromatic rings. The van der Waals surface area contributed by atoms with E-state index in [2.05, 4.69) is 5.32 Å². The summed E-state index contributed by atoms with van der Waals surface area (Å²) in [6.45, 7) is 2.86. The molecule has 0 aliphatic carbocycles. The highest BCUT2D eigenvalue weighted by Crippen LogP contribution is 2.21. The molecule has 0 unspecified atom stereocenters. The summed E-state index contributed by atoms with van der Waals surface area (Å²) >= 11 is 11.5. The molecule has 0 aliphatic heterocycles. The Morgan fingerprint density at radius 2 is 1.40 bits per heavy atom. The van der Waals surface area contributed by atoms with Crippen LogP contribution in [0.3, 0.4) is 0 Å². The lowest BCUT2D eigenvalue weighted by molar-refractivity contribution is 0.100. The number of rotatable bonds is 3. The minimum absolute atomic E-state index is 0.0463. The van der Waals surface area contributed by atoms with E-state index in [-0.39, 0.29) is 16.6 Å². The van der Waals surface area contributed by atoms with Gasteiger partial charge >= 0.3 is 6.09 Å². The molecule has 0 aliphatic rings. The van der Waals surface area contributed by atoms with Crippen molar-refractivity contribution < 1.29 is 19.5 Å². The van der Waals surface area contributed by atoms with Crippen molar-refractivity contribution in [3.8, 4) is 0 Å². The van der Waals surface area contributed by atoms with Crippen molar-refractivity contribution in [2.45, 2.75) is 13.8 Å². The first-order valence-corrected chi connectivity index (χ1v) is 7.73. The number of carbonyl (C=O) groups excluding carboxylic acids is 2. The van der Waals surface area contributed by atoms with Gasteiger partial charge < -0.3 is 10.8 Å². The molecule has 0 bridgehead atoms. The second-order valence-electron chi connectivity index (χ2n) is 4.98. The largest absolute Gasteiger partial charge is 0.465 e. The van der Waals surface area contributed by atoms with Gasteiger partial charge in [-0.2, -0.15) is 0 Å². The van der Waals surface area contributed by atoms with Crippen LogP contribution in [0.1, 0.15) is 34.6 Å². The van der Waals surface area contributed by atoms with Gasteiger partial charge in [0, 0.05) is 22.5 Å².